The van der Waals surface area contributed by atoms with Gasteiger partial charge in [0.1, 0.15) is 0 Å². The van der Waals surface area contributed by atoms with E-state index in [0.29, 0.717) is 5.96 Å². The van der Waals surface area contributed by atoms with Crippen LogP contribution in [0.2, 0.25) is 0 Å². The molecule has 3 heteroatoms. The molecule has 0 radical (unpaired) electrons. The number of hydrogen-bond donors (Lipinski definition) is 2. The van der Waals surface area contributed by atoms with E-state index in [4.69, 9.17) is 5.73 Å². The van der Waals surface area contributed by atoms with Gasteiger partial charge in [0.2, 0.25) is 0 Å². The zero-order chi connectivity index (χ0) is 12.4. The Labute approximate surface area is 108 Å². The molecule has 3 rings (SSSR count). The fourth-order valence-electron chi connectivity index (χ4n) is 3.52. The second-order valence-corrected chi connectivity index (χ2v) is 5.65. The largest absolute Gasteiger partial charge is 0.370 e. The van der Waals surface area contributed by atoms with Crippen molar-refractivity contribution in [2.45, 2.75) is 25.7 Å². The molecule has 0 aromatic heterocycles. The Morgan fingerprint density at radius 1 is 1.22 bits per heavy atom. The smallest absolute Gasteiger partial charge is 0.193 e. The van der Waals surface area contributed by atoms with Crippen LogP contribution in [-0.2, 0) is 0 Å². The minimum absolute atomic E-state index is 0.545. The molecule has 2 fully saturated rings. The Kier molecular flexibility index (Phi) is 3.22. The lowest BCUT2D eigenvalue weighted by molar-refractivity contribution is 0.342. The number of nitrogens with one attached hydrogen (secondary N) is 1. The number of hydrogen-bond acceptors (Lipinski definition) is 1. The monoisotopic (exact) mass is 243 g/mol. The molecular weight excluding hydrogens is 222 g/mol. The van der Waals surface area contributed by atoms with Gasteiger partial charge in [0.25, 0.3) is 0 Å². The molecule has 0 spiro atoms. The summed E-state index contributed by atoms with van der Waals surface area (Å²) in [6.07, 6.45) is 5.67. The van der Waals surface area contributed by atoms with Gasteiger partial charge in [-0.1, -0.05) is 24.6 Å². The van der Waals surface area contributed by atoms with Crippen molar-refractivity contribution < 1.29 is 0 Å². The quantitative estimate of drug-likeness (QED) is 0.633. The van der Waals surface area contributed by atoms with E-state index in [0.717, 1.165) is 30.0 Å². The lowest BCUT2D eigenvalue weighted by atomic mass is 9.89. The number of nitrogens with zero attached hydrogens (tertiary/aromatic N) is 1. The van der Waals surface area contributed by atoms with Gasteiger partial charge in [0, 0.05) is 12.2 Å². The highest BCUT2D eigenvalue weighted by atomic mass is 15.1. The number of fused-ring (bicyclic) bond motifs is 2. The van der Waals surface area contributed by atoms with Crippen LogP contribution in [-0.4, -0.2) is 12.5 Å². The minimum Gasteiger partial charge on any atom is -0.370 e. The third kappa shape index (κ3) is 2.50. The van der Waals surface area contributed by atoms with Crippen LogP contribution in [0.5, 0.6) is 0 Å². The SMILES string of the molecule is NC(=NCC1CC2CCC1C2)Nc1ccccc1. The lowest BCUT2D eigenvalue weighted by Crippen LogP contribution is -2.24. The van der Waals surface area contributed by atoms with Crippen molar-refractivity contribution in [1.29, 1.82) is 0 Å². The fraction of sp³-hybridized carbons (Fsp3) is 0.533. The number of guanidine groups is 1. The first-order chi connectivity index (χ1) is 8.81. The van der Waals surface area contributed by atoms with Gasteiger partial charge >= 0.3 is 0 Å². The second-order valence-electron chi connectivity index (χ2n) is 5.65. The van der Waals surface area contributed by atoms with E-state index < -0.39 is 0 Å². The number of para-hydroxylation sites is 1. The first kappa shape index (κ1) is 11.6. The molecule has 2 saturated carbocycles. The molecular formula is C15H21N3. The molecule has 1 aromatic rings. The van der Waals surface area contributed by atoms with E-state index in [1.54, 1.807) is 0 Å². The summed E-state index contributed by atoms with van der Waals surface area (Å²) in [5.41, 5.74) is 6.93. The van der Waals surface area contributed by atoms with Gasteiger partial charge in [0.05, 0.1) is 0 Å². The normalized spacial score (nSPS) is 30.7. The Morgan fingerprint density at radius 2 is 2.06 bits per heavy atom. The van der Waals surface area contributed by atoms with E-state index in [2.05, 4.69) is 10.3 Å². The maximum atomic E-state index is 5.92. The van der Waals surface area contributed by atoms with Gasteiger partial charge in [-0.2, -0.15) is 0 Å². The van der Waals surface area contributed by atoms with Gasteiger partial charge < -0.3 is 11.1 Å². The molecule has 2 aliphatic carbocycles. The van der Waals surface area contributed by atoms with E-state index in [9.17, 15) is 0 Å². The van der Waals surface area contributed by atoms with Crippen molar-refractivity contribution in [3.63, 3.8) is 0 Å². The number of aliphatic imine (C=N–C) groups is 1. The van der Waals surface area contributed by atoms with Crippen molar-refractivity contribution in [3.05, 3.63) is 30.3 Å². The molecule has 2 bridgehead atoms. The van der Waals surface area contributed by atoms with Crippen LogP contribution in [0, 0.1) is 17.8 Å². The van der Waals surface area contributed by atoms with Crippen molar-refractivity contribution in [3.8, 4) is 0 Å². The average Bonchev–Trinajstić information content (AvgIpc) is 3.00. The lowest BCUT2D eigenvalue weighted by Gasteiger charge is -2.19. The Hall–Kier alpha value is -1.51. The topological polar surface area (TPSA) is 50.4 Å². The molecule has 0 saturated heterocycles. The molecule has 3 nitrogen and oxygen atoms in total. The Bertz CT molecular complexity index is 427. The average molecular weight is 243 g/mol. The number of rotatable bonds is 3. The molecule has 3 N–H and O–H groups in total. The summed E-state index contributed by atoms with van der Waals surface area (Å²) < 4.78 is 0. The molecule has 2 aliphatic rings. The minimum atomic E-state index is 0.545. The van der Waals surface area contributed by atoms with Gasteiger partial charge in [-0.05, 0) is 49.1 Å². The molecule has 1 aromatic carbocycles. The second kappa shape index (κ2) is 5.01. The third-order valence-corrected chi connectivity index (χ3v) is 4.43. The highest BCUT2D eigenvalue weighted by molar-refractivity contribution is 5.92. The fourth-order valence-corrected chi connectivity index (χ4v) is 3.52. The zero-order valence-corrected chi connectivity index (χ0v) is 10.7. The number of anilines is 1. The van der Waals surface area contributed by atoms with Gasteiger partial charge in [-0.15, -0.1) is 0 Å². The Morgan fingerprint density at radius 3 is 2.72 bits per heavy atom. The van der Waals surface area contributed by atoms with Gasteiger partial charge in [-0.25, -0.2) is 0 Å². The first-order valence-electron chi connectivity index (χ1n) is 6.93. The van der Waals surface area contributed by atoms with E-state index in [-0.39, 0.29) is 0 Å². The highest BCUT2D eigenvalue weighted by Gasteiger charge is 2.39. The number of nitrogens with two attached hydrogens (primary N) is 1. The summed E-state index contributed by atoms with van der Waals surface area (Å²) in [5, 5.41) is 3.14. The molecule has 0 aliphatic heterocycles. The van der Waals surface area contributed by atoms with Crippen LogP contribution >= 0.6 is 0 Å². The van der Waals surface area contributed by atoms with Crippen molar-refractivity contribution in [2.24, 2.45) is 28.5 Å². The zero-order valence-electron chi connectivity index (χ0n) is 10.7. The van der Waals surface area contributed by atoms with E-state index in [1.807, 2.05) is 30.3 Å². The molecule has 0 amide bonds. The van der Waals surface area contributed by atoms with Crippen molar-refractivity contribution >= 4 is 11.6 Å². The molecule has 18 heavy (non-hydrogen) atoms. The van der Waals surface area contributed by atoms with Crippen LogP contribution in [0.25, 0.3) is 0 Å². The predicted molar refractivity (Wildman–Crippen MR) is 75.5 cm³/mol. The standard InChI is InChI=1S/C15H21N3/c16-15(18-14-4-2-1-3-5-14)17-10-13-9-11-6-7-12(13)8-11/h1-5,11-13H,6-10H2,(H3,16,17,18). The molecule has 3 atom stereocenters. The van der Waals surface area contributed by atoms with Crippen molar-refractivity contribution in [2.75, 3.05) is 11.9 Å². The van der Waals surface area contributed by atoms with Crippen molar-refractivity contribution in [1.82, 2.24) is 0 Å². The highest BCUT2D eigenvalue weighted by Crippen LogP contribution is 2.48. The molecule has 96 valence electrons. The van der Waals surface area contributed by atoms with Crippen LogP contribution < -0.4 is 11.1 Å². The summed E-state index contributed by atoms with van der Waals surface area (Å²) in [4.78, 5) is 4.50. The summed E-state index contributed by atoms with van der Waals surface area (Å²) in [7, 11) is 0. The van der Waals surface area contributed by atoms with Crippen LogP contribution in [0.3, 0.4) is 0 Å². The summed E-state index contributed by atoms with van der Waals surface area (Å²) >= 11 is 0. The summed E-state index contributed by atoms with van der Waals surface area (Å²) in [6.45, 7) is 0.896. The molecule has 0 heterocycles. The van der Waals surface area contributed by atoms with E-state index >= 15 is 0 Å². The summed E-state index contributed by atoms with van der Waals surface area (Å²) in [5.74, 6) is 3.23. The molecule has 3 unspecified atom stereocenters. The number of benzene rings is 1. The maximum Gasteiger partial charge on any atom is 0.193 e. The van der Waals surface area contributed by atoms with Gasteiger partial charge in [0.15, 0.2) is 5.96 Å². The first-order valence-corrected chi connectivity index (χ1v) is 6.93. The van der Waals surface area contributed by atoms with Crippen LogP contribution in [0.1, 0.15) is 25.7 Å². The third-order valence-electron chi connectivity index (χ3n) is 4.43. The van der Waals surface area contributed by atoms with Crippen LogP contribution in [0.4, 0.5) is 5.69 Å². The van der Waals surface area contributed by atoms with Gasteiger partial charge in [-0.3, -0.25) is 4.99 Å². The van der Waals surface area contributed by atoms with Crippen LogP contribution in [0.15, 0.2) is 35.3 Å². The maximum absolute atomic E-state index is 5.92. The summed E-state index contributed by atoms with van der Waals surface area (Å²) in [6, 6.07) is 9.98. The van der Waals surface area contributed by atoms with E-state index in [1.165, 1.54) is 25.7 Å². The predicted octanol–water partition coefficient (Wildman–Crippen LogP) is 2.85. The Balaban J connectivity index is 1.53.